The van der Waals surface area contributed by atoms with Gasteiger partial charge in [0.05, 0.1) is 6.54 Å². The van der Waals surface area contributed by atoms with Gasteiger partial charge >= 0.3 is 0 Å². The van der Waals surface area contributed by atoms with Gasteiger partial charge in [-0.1, -0.05) is 19.3 Å². The van der Waals surface area contributed by atoms with Gasteiger partial charge in [0.25, 0.3) is 5.91 Å². The molecule has 0 saturated heterocycles. The van der Waals surface area contributed by atoms with E-state index in [1.807, 2.05) is 16.8 Å². The molecule has 0 aromatic carbocycles. The average molecular weight is 332 g/mol. The second-order valence-corrected chi connectivity index (χ2v) is 7.04. The van der Waals surface area contributed by atoms with Crippen LogP contribution in [0, 0.1) is 0 Å². The van der Waals surface area contributed by atoms with Crippen molar-refractivity contribution in [3.63, 3.8) is 0 Å². The van der Waals surface area contributed by atoms with Crippen molar-refractivity contribution < 1.29 is 9.59 Å². The molecular formula is C18H28N4O2. The van der Waals surface area contributed by atoms with Crippen molar-refractivity contribution in [3.05, 3.63) is 24.0 Å². The molecule has 1 aromatic rings. The summed E-state index contributed by atoms with van der Waals surface area (Å²) in [5.41, 5.74) is 0.651. The van der Waals surface area contributed by atoms with Crippen LogP contribution in [0.25, 0.3) is 0 Å². The number of rotatable bonds is 5. The van der Waals surface area contributed by atoms with Crippen LogP contribution in [0.5, 0.6) is 0 Å². The number of hydrogen-bond donors (Lipinski definition) is 1. The first-order chi connectivity index (χ1) is 11.6. The molecule has 1 aromatic heterocycles. The third-order valence-electron chi connectivity index (χ3n) is 5.47. The van der Waals surface area contributed by atoms with Gasteiger partial charge in [-0.05, 0) is 32.0 Å². The van der Waals surface area contributed by atoms with E-state index in [1.54, 1.807) is 18.0 Å². The molecule has 6 heteroatoms. The minimum atomic E-state index is -0.433. The number of nitrogens with one attached hydrogen (secondary N) is 1. The molecule has 0 spiro atoms. The number of fused-ring (bicyclic) bond motifs is 1. The van der Waals surface area contributed by atoms with Crippen molar-refractivity contribution in [2.75, 3.05) is 27.2 Å². The molecule has 6 nitrogen and oxygen atoms in total. The van der Waals surface area contributed by atoms with Crippen LogP contribution in [0.1, 0.15) is 42.6 Å². The van der Waals surface area contributed by atoms with Crippen LogP contribution in [0.4, 0.5) is 0 Å². The summed E-state index contributed by atoms with van der Waals surface area (Å²) in [6, 6.07) is 3.86. The number of likely N-dealkylation sites (N-methyl/N-ethyl adjacent to an activating group) is 2. The molecule has 2 amide bonds. The molecule has 1 aliphatic heterocycles. The maximum atomic E-state index is 12.5. The fraction of sp³-hybridized carbons (Fsp3) is 0.667. The summed E-state index contributed by atoms with van der Waals surface area (Å²) in [4.78, 5) is 28.7. The second kappa shape index (κ2) is 7.38. The first-order valence-electron chi connectivity index (χ1n) is 8.98. The summed E-state index contributed by atoms with van der Waals surface area (Å²) in [6.07, 6.45) is 8.37. The van der Waals surface area contributed by atoms with Crippen molar-refractivity contribution in [1.29, 1.82) is 0 Å². The first-order valence-corrected chi connectivity index (χ1v) is 8.98. The monoisotopic (exact) mass is 332 g/mol. The minimum absolute atomic E-state index is 0.0674. The first kappa shape index (κ1) is 17.0. The van der Waals surface area contributed by atoms with E-state index in [2.05, 4.69) is 17.3 Å². The second-order valence-electron chi connectivity index (χ2n) is 7.04. The predicted molar refractivity (Wildman–Crippen MR) is 92.8 cm³/mol. The van der Waals surface area contributed by atoms with Crippen LogP contribution in [-0.2, 0) is 11.3 Å². The number of amides is 2. The fourth-order valence-electron chi connectivity index (χ4n) is 3.83. The maximum Gasteiger partial charge on any atom is 0.270 e. The van der Waals surface area contributed by atoms with Gasteiger partial charge < -0.3 is 19.7 Å². The Labute approximate surface area is 143 Å². The normalized spacial score (nSPS) is 21.9. The molecule has 3 rings (SSSR count). The Morgan fingerprint density at radius 3 is 2.83 bits per heavy atom. The van der Waals surface area contributed by atoms with Crippen LogP contribution in [0.15, 0.2) is 18.3 Å². The van der Waals surface area contributed by atoms with Crippen LogP contribution >= 0.6 is 0 Å². The molecule has 1 aliphatic carbocycles. The minimum Gasteiger partial charge on any atom is -0.353 e. The Morgan fingerprint density at radius 1 is 1.33 bits per heavy atom. The Bertz CT molecular complexity index is 592. The zero-order chi connectivity index (χ0) is 17.1. The molecule has 0 radical (unpaired) electrons. The van der Waals surface area contributed by atoms with Crippen molar-refractivity contribution in [3.8, 4) is 0 Å². The molecule has 2 heterocycles. The van der Waals surface area contributed by atoms with Gasteiger partial charge in [0.2, 0.25) is 5.91 Å². The maximum absolute atomic E-state index is 12.5. The van der Waals surface area contributed by atoms with Gasteiger partial charge in [0.1, 0.15) is 11.7 Å². The van der Waals surface area contributed by atoms with Crippen LogP contribution < -0.4 is 5.32 Å². The lowest BCUT2D eigenvalue weighted by Gasteiger charge is -2.33. The molecule has 1 fully saturated rings. The molecule has 0 bridgehead atoms. The number of aromatic nitrogens is 1. The molecule has 2 aliphatic rings. The Morgan fingerprint density at radius 2 is 2.08 bits per heavy atom. The third-order valence-corrected chi connectivity index (χ3v) is 5.47. The van der Waals surface area contributed by atoms with E-state index in [0.717, 1.165) is 6.54 Å². The summed E-state index contributed by atoms with van der Waals surface area (Å²) < 4.78 is 1.86. The highest BCUT2D eigenvalue weighted by Crippen LogP contribution is 2.21. The topological polar surface area (TPSA) is 57.6 Å². The van der Waals surface area contributed by atoms with Gasteiger partial charge in [-0.15, -0.1) is 0 Å². The molecule has 1 unspecified atom stereocenters. The van der Waals surface area contributed by atoms with Crippen LogP contribution in [0.3, 0.4) is 0 Å². The van der Waals surface area contributed by atoms with Gasteiger partial charge in [-0.2, -0.15) is 0 Å². The van der Waals surface area contributed by atoms with E-state index in [9.17, 15) is 9.59 Å². The predicted octanol–water partition coefficient (Wildman–Crippen LogP) is 1.32. The summed E-state index contributed by atoms with van der Waals surface area (Å²) in [6.45, 7) is 2.01. The van der Waals surface area contributed by atoms with Crippen LogP contribution in [-0.4, -0.2) is 65.4 Å². The quantitative estimate of drug-likeness (QED) is 0.885. The fourth-order valence-corrected chi connectivity index (χ4v) is 3.83. The van der Waals surface area contributed by atoms with Gasteiger partial charge in [0, 0.05) is 32.4 Å². The van der Waals surface area contributed by atoms with E-state index in [-0.39, 0.29) is 11.8 Å². The smallest absolute Gasteiger partial charge is 0.270 e. The van der Waals surface area contributed by atoms with E-state index < -0.39 is 6.04 Å². The molecule has 1 saturated carbocycles. The highest BCUT2D eigenvalue weighted by Gasteiger charge is 2.33. The lowest BCUT2D eigenvalue weighted by molar-refractivity contribution is -0.126. The largest absolute Gasteiger partial charge is 0.353 e. The number of nitrogens with zero attached hydrogens (tertiary/aromatic N) is 3. The Balaban J connectivity index is 1.49. The lowest BCUT2D eigenvalue weighted by Crippen LogP contribution is -2.54. The number of carbonyl (C=O) groups excluding carboxylic acids is 2. The van der Waals surface area contributed by atoms with E-state index in [1.165, 1.54) is 32.1 Å². The SMILES string of the molecule is CN(CCNC(=O)C1Cn2cccc2C(=O)N1C)C1CCCCC1. The van der Waals surface area contributed by atoms with Crippen molar-refractivity contribution in [2.24, 2.45) is 0 Å². The molecular weight excluding hydrogens is 304 g/mol. The standard InChI is InChI=1S/C18H28N4O2/c1-20(14-7-4-3-5-8-14)12-10-19-17(23)16-13-22-11-6-9-15(22)18(24)21(16)2/h6,9,11,14,16H,3-5,7-8,10,12-13H2,1-2H3,(H,19,23). The van der Waals surface area contributed by atoms with Gasteiger partial charge in [-0.3, -0.25) is 9.59 Å². The highest BCUT2D eigenvalue weighted by atomic mass is 16.2. The summed E-state index contributed by atoms with van der Waals surface area (Å²) in [5, 5.41) is 3.01. The number of hydrogen-bond acceptors (Lipinski definition) is 3. The highest BCUT2D eigenvalue weighted by molar-refractivity contribution is 5.97. The summed E-state index contributed by atoms with van der Waals surface area (Å²) in [7, 11) is 3.85. The molecule has 1 atom stereocenters. The van der Waals surface area contributed by atoms with Crippen LogP contribution in [0.2, 0.25) is 0 Å². The van der Waals surface area contributed by atoms with Gasteiger partial charge in [0.15, 0.2) is 0 Å². The summed E-state index contributed by atoms with van der Waals surface area (Å²) in [5.74, 6) is -0.159. The molecule has 132 valence electrons. The number of carbonyl (C=O) groups is 2. The van der Waals surface area contributed by atoms with Crippen molar-refractivity contribution >= 4 is 11.8 Å². The van der Waals surface area contributed by atoms with E-state index in [4.69, 9.17) is 0 Å². The van der Waals surface area contributed by atoms with E-state index >= 15 is 0 Å². The van der Waals surface area contributed by atoms with E-state index in [0.29, 0.717) is 24.8 Å². The van der Waals surface area contributed by atoms with Crippen molar-refractivity contribution in [2.45, 2.75) is 50.7 Å². The zero-order valence-electron chi connectivity index (χ0n) is 14.7. The van der Waals surface area contributed by atoms with Crippen molar-refractivity contribution in [1.82, 2.24) is 19.7 Å². The average Bonchev–Trinajstić information content (AvgIpc) is 3.07. The summed E-state index contributed by atoms with van der Waals surface area (Å²) >= 11 is 0. The Kier molecular flexibility index (Phi) is 5.23. The zero-order valence-corrected chi connectivity index (χ0v) is 14.7. The molecule has 24 heavy (non-hydrogen) atoms. The Hall–Kier alpha value is -1.82. The molecule has 1 N–H and O–H groups in total. The lowest BCUT2D eigenvalue weighted by atomic mass is 9.94. The third kappa shape index (κ3) is 3.48. The van der Waals surface area contributed by atoms with Gasteiger partial charge in [-0.25, -0.2) is 0 Å².